The molecule has 0 bridgehead atoms. The average molecular weight is 465 g/mol. The van der Waals surface area contributed by atoms with Crippen molar-refractivity contribution in [1.29, 1.82) is 0 Å². The third-order valence-electron chi connectivity index (χ3n) is 7.42. The summed E-state index contributed by atoms with van der Waals surface area (Å²) < 4.78 is 2.37. The van der Waals surface area contributed by atoms with Crippen LogP contribution in [0.2, 0.25) is 0 Å². The summed E-state index contributed by atoms with van der Waals surface area (Å²) in [6, 6.07) is 16.0. The number of hydrogen-bond donors (Lipinski definition) is 0. The second-order valence-corrected chi connectivity index (χ2v) is 10.4. The third-order valence-corrected chi connectivity index (χ3v) is 7.42. The Kier molecular flexibility index (Phi) is 16.5. The molecular formula is C33H54N+. The van der Waals surface area contributed by atoms with E-state index in [1.807, 2.05) is 0 Å². The van der Waals surface area contributed by atoms with Gasteiger partial charge in [0.25, 0.3) is 0 Å². The Balaban J connectivity index is 1.42. The van der Waals surface area contributed by atoms with E-state index in [0.717, 1.165) is 6.42 Å². The van der Waals surface area contributed by atoms with Crippen LogP contribution in [0.1, 0.15) is 147 Å². The summed E-state index contributed by atoms with van der Waals surface area (Å²) in [4.78, 5) is 0. The molecule has 1 heterocycles. The molecule has 1 unspecified atom stereocenters. The van der Waals surface area contributed by atoms with Crippen LogP contribution >= 0.6 is 0 Å². The number of pyridine rings is 1. The lowest BCUT2D eigenvalue weighted by Gasteiger charge is -2.11. The van der Waals surface area contributed by atoms with E-state index in [1.54, 1.807) is 0 Å². The molecule has 0 amide bonds. The highest BCUT2D eigenvalue weighted by atomic mass is 15.0. The van der Waals surface area contributed by atoms with Gasteiger partial charge in [0, 0.05) is 24.1 Å². The van der Waals surface area contributed by atoms with Crippen LogP contribution in [0.3, 0.4) is 0 Å². The summed E-state index contributed by atoms with van der Waals surface area (Å²) in [5, 5.41) is 0. The summed E-state index contributed by atoms with van der Waals surface area (Å²) in [7, 11) is 0. The van der Waals surface area contributed by atoms with Crippen LogP contribution in [0, 0.1) is 0 Å². The van der Waals surface area contributed by atoms with Crippen LogP contribution in [0.15, 0.2) is 54.9 Å². The predicted octanol–water partition coefficient (Wildman–Crippen LogP) is 10.2. The zero-order valence-corrected chi connectivity index (χ0v) is 22.7. The van der Waals surface area contributed by atoms with Gasteiger partial charge in [0.15, 0.2) is 18.4 Å². The Morgan fingerprint density at radius 1 is 0.529 bits per heavy atom. The lowest BCUT2D eigenvalue weighted by atomic mass is 10.0. The molecule has 1 atom stereocenters. The van der Waals surface area contributed by atoms with Crippen molar-refractivity contribution >= 4 is 0 Å². The van der Waals surface area contributed by atoms with Crippen molar-refractivity contribution in [2.24, 2.45) is 0 Å². The summed E-state index contributed by atoms with van der Waals surface area (Å²) in [6.07, 6.45) is 31.4. The number of benzene rings is 1. The first-order chi connectivity index (χ1) is 16.8. The first-order valence-corrected chi connectivity index (χ1v) is 14.9. The molecule has 1 aromatic heterocycles. The minimum atomic E-state index is 0.440. The van der Waals surface area contributed by atoms with Crippen molar-refractivity contribution in [3.8, 4) is 0 Å². The molecule has 190 valence electrons. The van der Waals surface area contributed by atoms with Gasteiger partial charge in [-0.15, -0.1) is 0 Å². The maximum atomic E-state index is 2.37. The Hall–Kier alpha value is -1.63. The molecule has 0 fully saturated rings. The third kappa shape index (κ3) is 12.7. The van der Waals surface area contributed by atoms with E-state index >= 15 is 0 Å². The summed E-state index contributed by atoms with van der Waals surface area (Å²) in [5.41, 5.74) is 2.89. The Morgan fingerprint density at radius 2 is 0.971 bits per heavy atom. The fourth-order valence-corrected chi connectivity index (χ4v) is 5.19. The SMILES string of the molecule is CCCCCCCCCCCCCCCCCCCc1cc[n+](C(CC)c2ccccc2)cc1. The van der Waals surface area contributed by atoms with E-state index in [9.17, 15) is 0 Å². The molecular weight excluding hydrogens is 410 g/mol. The van der Waals surface area contributed by atoms with Crippen LogP contribution < -0.4 is 4.57 Å². The second kappa shape index (κ2) is 19.7. The van der Waals surface area contributed by atoms with Gasteiger partial charge in [0.1, 0.15) is 0 Å². The summed E-state index contributed by atoms with van der Waals surface area (Å²) in [6.45, 7) is 4.57. The Bertz CT molecular complexity index is 690. The summed E-state index contributed by atoms with van der Waals surface area (Å²) >= 11 is 0. The van der Waals surface area contributed by atoms with Gasteiger partial charge in [-0.25, -0.2) is 0 Å². The molecule has 0 saturated carbocycles. The Labute approximate surface area is 212 Å². The highest BCUT2D eigenvalue weighted by molar-refractivity contribution is 5.17. The van der Waals surface area contributed by atoms with Crippen molar-refractivity contribution in [3.63, 3.8) is 0 Å². The molecule has 0 aliphatic rings. The molecule has 34 heavy (non-hydrogen) atoms. The van der Waals surface area contributed by atoms with E-state index in [0.29, 0.717) is 6.04 Å². The van der Waals surface area contributed by atoms with Gasteiger partial charge in [0.2, 0.25) is 0 Å². The number of aryl methyl sites for hydroxylation is 1. The fourth-order valence-electron chi connectivity index (χ4n) is 5.19. The molecule has 2 aromatic rings. The molecule has 1 heteroatoms. The van der Waals surface area contributed by atoms with Gasteiger partial charge < -0.3 is 0 Å². The van der Waals surface area contributed by atoms with Crippen molar-refractivity contribution in [3.05, 3.63) is 66.0 Å². The van der Waals surface area contributed by atoms with Crippen LogP contribution in [0.25, 0.3) is 0 Å². The maximum Gasteiger partial charge on any atom is 0.183 e. The van der Waals surface area contributed by atoms with Gasteiger partial charge in [-0.05, 0) is 18.4 Å². The van der Waals surface area contributed by atoms with Gasteiger partial charge in [-0.1, -0.05) is 147 Å². The topological polar surface area (TPSA) is 3.88 Å². The Morgan fingerprint density at radius 3 is 1.41 bits per heavy atom. The molecule has 0 aliphatic heterocycles. The monoisotopic (exact) mass is 464 g/mol. The first kappa shape index (κ1) is 28.6. The van der Waals surface area contributed by atoms with Crippen LogP contribution in [-0.4, -0.2) is 0 Å². The minimum absolute atomic E-state index is 0.440. The first-order valence-electron chi connectivity index (χ1n) is 14.9. The molecule has 0 N–H and O–H groups in total. The highest BCUT2D eigenvalue weighted by Crippen LogP contribution is 2.17. The molecule has 0 aliphatic carbocycles. The molecule has 0 radical (unpaired) electrons. The fraction of sp³-hybridized carbons (Fsp3) is 0.667. The van der Waals surface area contributed by atoms with E-state index in [1.165, 1.54) is 127 Å². The average Bonchev–Trinajstić information content (AvgIpc) is 2.88. The van der Waals surface area contributed by atoms with Crippen molar-refractivity contribution in [1.82, 2.24) is 0 Å². The van der Waals surface area contributed by atoms with E-state index in [4.69, 9.17) is 0 Å². The van der Waals surface area contributed by atoms with Gasteiger partial charge in [0.05, 0.1) is 0 Å². The van der Waals surface area contributed by atoms with Crippen molar-refractivity contribution in [2.45, 2.75) is 142 Å². The lowest BCUT2D eigenvalue weighted by Crippen LogP contribution is -2.39. The van der Waals surface area contributed by atoms with E-state index in [2.05, 4.69) is 73.3 Å². The van der Waals surface area contributed by atoms with Crippen LogP contribution in [-0.2, 0) is 6.42 Å². The summed E-state index contributed by atoms with van der Waals surface area (Å²) in [5.74, 6) is 0. The molecule has 0 saturated heterocycles. The minimum Gasteiger partial charge on any atom is -0.198 e. The number of nitrogens with zero attached hydrogens (tertiary/aromatic N) is 1. The number of unbranched alkanes of at least 4 members (excludes halogenated alkanes) is 16. The lowest BCUT2D eigenvalue weighted by molar-refractivity contribution is -0.714. The maximum absolute atomic E-state index is 2.37. The number of hydrogen-bond acceptors (Lipinski definition) is 0. The van der Waals surface area contributed by atoms with Crippen LogP contribution in [0.4, 0.5) is 0 Å². The largest absolute Gasteiger partial charge is 0.198 e. The van der Waals surface area contributed by atoms with E-state index in [-0.39, 0.29) is 0 Å². The van der Waals surface area contributed by atoms with Gasteiger partial charge in [-0.2, -0.15) is 4.57 Å². The smallest absolute Gasteiger partial charge is 0.183 e. The van der Waals surface area contributed by atoms with E-state index < -0.39 is 0 Å². The standard InChI is InChI=1S/C33H54N/c1-3-5-6-7-8-9-10-11-12-13-14-15-16-17-18-19-21-24-31-27-29-34(30-28-31)33(4-2)32-25-22-20-23-26-32/h20,22-23,25-30,33H,3-19,21,24H2,1-2H3/q+1. The van der Waals surface area contributed by atoms with Crippen molar-refractivity contribution < 1.29 is 4.57 Å². The number of aromatic nitrogens is 1. The molecule has 2 rings (SSSR count). The quantitative estimate of drug-likeness (QED) is 0.128. The highest BCUT2D eigenvalue weighted by Gasteiger charge is 2.17. The number of rotatable bonds is 21. The van der Waals surface area contributed by atoms with Crippen LogP contribution in [0.5, 0.6) is 0 Å². The normalized spacial score (nSPS) is 12.2. The molecule has 1 aromatic carbocycles. The predicted molar refractivity (Wildman–Crippen MR) is 149 cm³/mol. The van der Waals surface area contributed by atoms with Crippen molar-refractivity contribution in [2.75, 3.05) is 0 Å². The second-order valence-electron chi connectivity index (χ2n) is 10.4. The zero-order chi connectivity index (χ0) is 24.1. The molecule has 0 spiro atoms. The molecule has 1 nitrogen and oxygen atoms in total. The van der Waals surface area contributed by atoms with Gasteiger partial charge >= 0.3 is 0 Å². The van der Waals surface area contributed by atoms with Gasteiger partial charge in [-0.3, -0.25) is 0 Å². The zero-order valence-electron chi connectivity index (χ0n) is 22.7.